The lowest BCUT2D eigenvalue weighted by atomic mass is 10.3. The highest BCUT2D eigenvalue weighted by atomic mass is 16.4. The summed E-state index contributed by atoms with van der Waals surface area (Å²) in [7, 11) is 1.88. The van der Waals surface area contributed by atoms with Gasteiger partial charge in [0.25, 0.3) is 0 Å². The third kappa shape index (κ3) is 2.27. The van der Waals surface area contributed by atoms with E-state index in [0.717, 1.165) is 17.8 Å². The lowest BCUT2D eigenvalue weighted by Gasteiger charge is -2.01. The van der Waals surface area contributed by atoms with Crippen LogP contribution in [0, 0.1) is 6.92 Å². The molecule has 0 amide bonds. The minimum Gasteiger partial charge on any atom is -0.478 e. The van der Waals surface area contributed by atoms with Crippen LogP contribution >= 0.6 is 0 Å². The molecule has 0 bridgehead atoms. The molecule has 0 saturated heterocycles. The highest BCUT2D eigenvalue weighted by Crippen LogP contribution is 2.09. The minimum absolute atomic E-state index is 0.243. The molecule has 1 N–H and O–H groups in total. The second-order valence-electron chi connectivity index (χ2n) is 4.24. The van der Waals surface area contributed by atoms with E-state index in [1.165, 1.54) is 0 Å². The lowest BCUT2D eigenvalue weighted by molar-refractivity contribution is 0.0696. The van der Waals surface area contributed by atoms with Crippen molar-refractivity contribution in [1.82, 2.24) is 19.6 Å². The molecule has 0 saturated carbocycles. The molecule has 0 radical (unpaired) electrons. The Hall–Kier alpha value is -2.11. The van der Waals surface area contributed by atoms with Crippen LogP contribution in [0.1, 0.15) is 34.4 Å². The Morgan fingerprint density at radius 1 is 1.44 bits per heavy atom. The van der Waals surface area contributed by atoms with Crippen molar-refractivity contribution in [3.05, 3.63) is 34.9 Å². The summed E-state index contributed by atoms with van der Waals surface area (Å²) < 4.78 is 3.44. The van der Waals surface area contributed by atoms with Crippen LogP contribution in [0.4, 0.5) is 0 Å². The van der Waals surface area contributed by atoms with Gasteiger partial charge in [-0.2, -0.15) is 10.2 Å². The van der Waals surface area contributed by atoms with Gasteiger partial charge in [-0.1, -0.05) is 6.92 Å². The Morgan fingerprint density at radius 2 is 2.17 bits per heavy atom. The fourth-order valence-electron chi connectivity index (χ4n) is 1.87. The molecule has 0 aromatic carbocycles. The van der Waals surface area contributed by atoms with E-state index >= 15 is 0 Å². The quantitative estimate of drug-likeness (QED) is 0.883. The molecule has 0 unspecified atom stereocenters. The van der Waals surface area contributed by atoms with E-state index in [1.807, 2.05) is 20.0 Å². The average molecular weight is 248 g/mol. The Labute approximate surface area is 105 Å². The van der Waals surface area contributed by atoms with Crippen molar-refractivity contribution >= 4 is 5.97 Å². The summed E-state index contributed by atoms with van der Waals surface area (Å²) in [4.78, 5) is 10.9. The molecule has 6 heteroatoms. The zero-order valence-corrected chi connectivity index (χ0v) is 10.7. The second kappa shape index (κ2) is 4.64. The van der Waals surface area contributed by atoms with Crippen molar-refractivity contribution < 1.29 is 9.90 Å². The fourth-order valence-corrected chi connectivity index (χ4v) is 1.87. The maximum Gasteiger partial charge on any atom is 0.339 e. The van der Waals surface area contributed by atoms with E-state index in [4.69, 9.17) is 5.11 Å². The van der Waals surface area contributed by atoms with Gasteiger partial charge in [0.05, 0.1) is 23.6 Å². The number of carbonyl (C=O) groups is 1. The number of rotatable bonds is 4. The Kier molecular flexibility index (Phi) is 3.18. The number of hydrogen-bond acceptors (Lipinski definition) is 3. The smallest absolute Gasteiger partial charge is 0.339 e. The third-order valence-corrected chi connectivity index (χ3v) is 2.89. The maximum atomic E-state index is 10.9. The molecule has 18 heavy (non-hydrogen) atoms. The molecule has 0 spiro atoms. The van der Waals surface area contributed by atoms with E-state index in [9.17, 15) is 4.79 Å². The van der Waals surface area contributed by atoms with Gasteiger partial charge in [0.2, 0.25) is 0 Å². The normalized spacial score (nSPS) is 10.8. The van der Waals surface area contributed by atoms with Crippen LogP contribution in [0.5, 0.6) is 0 Å². The molecule has 96 valence electrons. The molecule has 0 fully saturated rings. The molecule has 0 atom stereocenters. The summed E-state index contributed by atoms with van der Waals surface area (Å²) in [6.07, 6.45) is 2.43. The van der Waals surface area contributed by atoms with E-state index in [0.29, 0.717) is 12.2 Å². The van der Waals surface area contributed by atoms with Gasteiger partial charge in [0, 0.05) is 13.2 Å². The number of hydrogen-bond donors (Lipinski definition) is 1. The van der Waals surface area contributed by atoms with Crippen molar-refractivity contribution in [2.75, 3.05) is 0 Å². The molecule has 2 aromatic heterocycles. The van der Waals surface area contributed by atoms with Crippen molar-refractivity contribution in [2.45, 2.75) is 26.8 Å². The van der Waals surface area contributed by atoms with Crippen LogP contribution in [-0.4, -0.2) is 30.6 Å². The molecule has 0 aliphatic heterocycles. The molecule has 0 aliphatic rings. The van der Waals surface area contributed by atoms with E-state index in [-0.39, 0.29) is 5.56 Å². The second-order valence-corrected chi connectivity index (χ2v) is 4.24. The number of carboxylic acids is 1. The van der Waals surface area contributed by atoms with E-state index in [2.05, 4.69) is 10.2 Å². The van der Waals surface area contributed by atoms with Gasteiger partial charge in [-0.15, -0.1) is 0 Å². The first-order valence-corrected chi connectivity index (χ1v) is 5.80. The number of carboxylic acid groups (broad SMARTS) is 1. The van der Waals surface area contributed by atoms with Gasteiger partial charge in [-0.3, -0.25) is 9.36 Å². The summed E-state index contributed by atoms with van der Waals surface area (Å²) >= 11 is 0. The molecule has 0 aliphatic carbocycles. The van der Waals surface area contributed by atoms with Crippen LogP contribution in [0.2, 0.25) is 0 Å². The van der Waals surface area contributed by atoms with Crippen molar-refractivity contribution in [3.8, 4) is 0 Å². The van der Waals surface area contributed by atoms with Crippen LogP contribution < -0.4 is 0 Å². The molecule has 2 heterocycles. The SMILES string of the molecule is CCc1cc(Cn2cc(C(=O)O)c(C)n2)n(C)n1. The van der Waals surface area contributed by atoms with Gasteiger partial charge >= 0.3 is 5.97 Å². The highest BCUT2D eigenvalue weighted by molar-refractivity contribution is 5.88. The first-order chi connectivity index (χ1) is 8.51. The summed E-state index contributed by atoms with van der Waals surface area (Å²) in [5, 5.41) is 17.5. The molecular formula is C12H16N4O2. The number of aromatic nitrogens is 4. The first-order valence-electron chi connectivity index (χ1n) is 5.80. The van der Waals surface area contributed by atoms with Crippen molar-refractivity contribution in [3.63, 3.8) is 0 Å². The maximum absolute atomic E-state index is 10.9. The number of aromatic carboxylic acids is 1. The average Bonchev–Trinajstić information content (AvgIpc) is 2.83. The van der Waals surface area contributed by atoms with Crippen molar-refractivity contribution in [2.24, 2.45) is 7.05 Å². The Morgan fingerprint density at radius 3 is 2.67 bits per heavy atom. The topological polar surface area (TPSA) is 72.9 Å². The highest BCUT2D eigenvalue weighted by Gasteiger charge is 2.13. The van der Waals surface area contributed by atoms with E-state index in [1.54, 1.807) is 22.5 Å². The van der Waals surface area contributed by atoms with Gasteiger partial charge in [0.1, 0.15) is 5.56 Å². The summed E-state index contributed by atoms with van der Waals surface area (Å²) in [6.45, 7) is 4.27. The van der Waals surface area contributed by atoms with Crippen LogP contribution in [0.15, 0.2) is 12.3 Å². The van der Waals surface area contributed by atoms with Crippen molar-refractivity contribution in [1.29, 1.82) is 0 Å². The summed E-state index contributed by atoms with van der Waals surface area (Å²) in [5.74, 6) is -0.946. The number of nitrogens with zero attached hydrogens (tertiary/aromatic N) is 4. The molecule has 2 aromatic rings. The predicted molar refractivity (Wildman–Crippen MR) is 65.6 cm³/mol. The van der Waals surface area contributed by atoms with Crippen LogP contribution in [0.3, 0.4) is 0 Å². The number of aryl methyl sites for hydroxylation is 3. The first kappa shape index (κ1) is 12.3. The fraction of sp³-hybridized carbons (Fsp3) is 0.417. The minimum atomic E-state index is -0.946. The molecule has 6 nitrogen and oxygen atoms in total. The zero-order chi connectivity index (χ0) is 13.3. The van der Waals surface area contributed by atoms with Crippen LogP contribution in [-0.2, 0) is 20.0 Å². The van der Waals surface area contributed by atoms with E-state index < -0.39 is 5.97 Å². The largest absolute Gasteiger partial charge is 0.478 e. The van der Waals surface area contributed by atoms with Gasteiger partial charge in [0.15, 0.2) is 0 Å². The predicted octanol–water partition coefficient (Wildman–Crippen LogP) is 1.23. The molecular weight excluding hydrogens is 232 g/mol. The van der Waals surface area contributed by atoms with Gasteiger partial charge in [-0.25, -0.2) is 4.79 Å². The molecule has 2 rings (SSSR count). The Balaban J connectivity index is 2.25. The third-order valence-electron chi connectivity index (χ3n) is 2.89. The lowest BCUT2D eigenvalue weighted by Crippen LogP contribution is -2.06. The summed E-state index contributed by atoms with van der Waals surface area (Å²) in [6, 6.07) is 2.01. The van der Waals surface area contributed by atoms with Gasteiger partial charge < -0.3 is 5.11 Å². The van der Waals surface area contributed by atoms with Crippen LogP contribution in [0.25, 0.3) is 0 Å². The zero-order valence-electron chi connectivity index (χ0n) is 10.7. The monoisotopic (exact) mass is 248 g/mol. The Bertz CT molecular complexity index is 583. The summed E-state index contributed by atoms with van der Waals surface area (Å²) in [5.41, 5.74) is 2.80. The standard InChI is InChI=1S/C12H16N4O2/c1-4-9-5-10(15(3)14-9)6-16-7-11(12(17)18)8(2)13-16/h5,7H,4,6H2,1-3H3,(H,17,18). The van der Waals surface area contributed by atoms with Gasteiger partial charge in [-0.05, 0) is 19.4 Å².